The summed E-state index contributed by atoms with van der Waals surface area (Å²) >= 11 is 6.39. The lowest BCUT2D eigenvalue weighted by Gasteiger charge is -2.43. The minimum absolute atomic E-state index is 0.125. The van der Waals surface area contributed by atoms with Crippen LogP contribution in [0.2, 0.25) is 0 Å². The molecule has 0 radical (unpaired) electrons. The van der Waals surface area contributed by atoms with Gasteiger partial charge in [0.1, 0.15) is 0 Å². The standard InChI is InChI=1S/C19H23ClO3/c1-4-5-11-14(21)19(20)15(22)12-18(2,3)16(17(19)23)13-9-7-6-8-10-13/h6-10,16H,4-5,11-12H2,1-3H3. The monoisotopic (exact) mass is 334 g/mol. The quantitative estimate of drug-likeness (QED) is 0.602. The Morgan fingerprint density at radius 2 is 1.83 bits per heavy atom. The summed E-state index contributed by atoms with van der Waals surface area (Å²) in [6.45, 7) is 5.72. The maximum absolute atomic E-state index is 13.1. The minimum atomic E-state index is -2.01. The molecule has 0 N–H and O–H groups in total. The molecule has 1 aromatic carbocycles. The first kappa shape index (κ1) is 17.9. The highest BCUT2D eigenvalue weighted by Crippen LogP contribution is 2.49. The van der Waals surface area contributed by atoms with Crippen molar-refractivity contribution in [3.8, 4) is 0 Å². The molecular weight excluding hydrogens is 312 g/mol. The zero-order valence-corrected chi connectivity index (χ0v) is 14.7. The summed E-state index contributed by atoms with van der Waals surface area (Å²) in [5.74, 6) is -1.92. The normalized spacial score (nSPS) is 27.0. The Bertz CT molecular complexity index is 621. The van der Waals surface area contributed by atoms with Gasteiger partial charge in [-0.1, -0.05) is 69.1 Å². The fourth-order valence-electron chi connectivity index (χ4n) is 3.38. The number of carbonyl (C=O) groups excluding carboxylic acids is 3. The van der Waals surface area contributed by atoms with E-state index in [1.807, 2.05) is 51.1 Å². The molecular formula is C19H23ClO3. The van der Waals surface area contributed by atoms with Gasteiger partial charge in [-0.15, -0.1) is 0 Å². The van der Waals surface area contributed by atoms with E-state index >= 15 is 0 Å². The molecule has 1 aromatic rings. The van der Waals surface area contributed by atoms with E-state index in [9.17, 15) is 14.4 Å². The number of carbonyl (C=O) groups is 3. The molecule has 2 unspecified atom stereocenters. The van der Waals surface area contributed by atoms with Crippen LogP contribution in [0.3, 0.4) is 0 Å². The van der Waals surface area contributed by atoms with Gasteiger partial charge in [0, 0.05) is 12.8 Å². The first-order valence-electron chi connectivity index (χ1n) is 8.10. The largest absolute Gasteiger partial charge is 0.297 e. The average molecular weight is 335 g/mol. The van der Waals surface area contributed by atoms with E-state index in [4.69, 9.17) is 11.6 Å². The zero-order chi connectivity index (χ0) is 17.3. The number of benzene rings is 1. The number of unbranched alkanes of at least 4 members (excludes halogenated alkanes) is 1. The zero-order valence-electron chi connectivity index (χ0n) is 13.9. The fourth-order valence-corrected chi connectivity index (χ4v) is 3.65. The Balaban J connectivity index is 2.45. The molecule has 1 fully saturated rings. The molecule has 2 atom stereocenters. The molecule has 1 saturated carbocycles. The SMILES string of the molecule is CCCCC(=O)C1(Cl)C(=O)CC(C)(C)C(c2ccccc2)C1=O. The Morgan fingerprint density at radius 3 is 2.39 bits per heavy atom. The minimum Gasteiger partial charge on any atom is -0.297 e. The van der Waals surface area contributed by atoms with Crippen LogP contribution < -0.4 is 0 Å². The molecule has 0 aliphatic heterocycles. The third kappa shape index (κ3) is 3.12. The first-order valence-corrected chi connectivity index (χ1v) is 8.47. The lowest BCUT2D eigenvalue weighted by molar-refractivity contribution is -0.144. The predicted octanol–water partition coefficient (Wildman–Crippen LogP) is 4.08. The Kier molecular flexibility index (Phi) is 5.10. The van der Waals surface area contributed by atoms with Crippen molar-refractivity contribution in [1.82, 2.24) is 0 Å². The highest BCUT2D eigenvalue weighted by atomic mass is 35.5. The third-order valence-corrected chi connectivity index (χ3v) is 5.27. The molecule has 0 aromatic heterocycles. The molecule has 1 aliphatic carbocycles. The van der Waals surface area contributed by atoms with Crippen LogP contribution in [0.15, 0.2) is 30.3 Å². The summed E-state index contributed by atoms with van der Waals surface area (Å²) in [5, 5.41) is 0. The molecule has 0 heterocycles. The van der Waals surface area contributed by atoms with E-state index in [-0.39, 0.29) is 12.8 Å². The summed E-state index contributed by atoms with van der Waals surface area (Å²) in [7, 11) is 0. The van der Waals surface area contributed by atoms with Crippen LogP contribution in [-0.4, -0.2) is 22.2 Å². The smallest absolute Gasteiger partial charge is 0.219 e. The van der Waals surface area contributed by atoms with Crippen molar-refractivity contribution in [3.05, 3.63) is 35.9 Å². The van der Waals surface area contributed by atoms with Crippen molar-refractivity contribution in [2.24, 2.45) is 5.41 Å². The van der Waals surface area contributed by atoms with Gasteiger partial charge in [0.05, 0.1) is 5.92 Å². The van der Waals surface area contributed by atoms with E-state index in [0.717, 1.165) is 12.0 Å². The molecule has 0 spiro atoms. The Hall–Kier alpha value is -1.48. The second kappa shape index (κ2) is 6.56. The van der Waals surface area contributed by atoms with Gasteiger partial charge in [-0.25, -0.2) is 0 Å². The van der Waals surface area contributed by atoms with Crippen LogP contribution in [0.25, 0.3) is 0 Å². The molecule has 0 saturated heterocycles. The van der Waals surface area contributed by atoms with E-state index in [1.54, 1.807) is 0 Å². The average Bonchev–Trinajstić information content (AvgIpc) is 2.50. The van der Waals surface area contributed by atoms with Crippen LogP contribution in [-0.2, 0) is 14.4 Å². The van der Waals surface area contributed by atoms with Crippen molar-refractivity contribution in [1.29, 1.82) is 0 Å². The van der Waals surface area contributed by atoms with E-state index < -0.39 is 33.6 Å². The Labute approximate surface area is 142 Å². The molecule has 1 aliphatic rings. The van der Waals surface area contributed by atoms with Crippen molar-refractivity contribution in [2.45, 2.75) is 57.2 Å². The molecule has 3 nitrogen and oxygen atoms in total. The van der Waals surface area contributed by atoms with E-state index in [0.29, 0.717) is 6.42 Å². The van der Waals surface area contributed by atoms with Crippen LogP contribution in [0, 0.1) is 5.41 Å². The second-order valence-corrected chi connectivity index (χ2v) is 7.55. The van der Waals surface area contributed by atoms with Crippen molar-refractivity contribution in [2.75, 3.05) is 0 Å². The van der Waals surface area contributed by atoms with Crippen molar-refractivity contribution >= 4 is 29.0 Å². The van der Waals surface area contributed by atoms with Crippen LogP contribution in [0.4, 0.5) is 0 Å². The van der Waals surface area contributed by atoms with Gasteiger partial charge in [0.15, 0.2) is 17.3 Å². The molecule has 0 amide bonds. The van der Waals surface area contributed by atoms with Crippen molar-refractivity contribution < 1.29 is 14.4 Å². The maximum atomic E-state index is 13.1. The highest BCUT2D eigenvalue weighted by Gasteiger charge is 2.60. The number of ketones is 3. The van der Waals surface area contributed by atoms with Crippen LogP contribution >= 0.6 is 11.6 Å². The number of rotatable bonds is 5. The predicted molar refractivity (Wildman–Crippen MR) is 90.7 cm³/mol. The summed E-state index contributed by atoms with van der Waals surface area (Å²) < 4.78 is 0. The summed E-state index contributed by atoms with van der Waals surface area (Å²) in [4.78, 5) is 36.2. The number of hydrogen-bond donors (Lipinski definition) is 0. The first-order chi connectivity index (χ1) is 10.7. The number of halogens is 1. The Morgan fingerprint density at radius 1 is 1.22 bits per heavy atom. The van der Waals surface area contributed by atoms with Crippen LogP contribution in [0.1, 0.15) is 57.9 Å². The molecule has 0 bridgehead atoms. The maximum Gasteiger partial charge on any atom is 0.219 e. The summed E-state index contributed by atoms with van der Waals surface area (Å²) in [6.07, 6.45) is 1.74. The number of Topliss-reactive ketones (excluding diaryl/α,β-unsaturated/α-hetero) is 3. The van der Waals surface area contributed by atoms with Gasteiger partial charge < -0.3 is 0 Å². The fraction of sp³-hybridized carbons (Fsp3) is 0.526. The molecule has 23 heavy (non-hydrogen) atoms. The molecule has 2 rings (SSSR count). The van der Waals surface area contributed by atoms with Crippen molar-refractivity contribution in [3.63, 3.8) is 0 Å². The van der Waals surface area contributed by atoms with Gasteiger partial charge in [-0.2, -0.15) is 0 Å². The second-order valence-electron chi connectivity index (χ2n) is 6.98. The third-order valence-electron chi connectivity index (χ3n) is 4.66. The molecule has 124 valence electrons. The number of alkyl halides is 1. The van der Waals surface area contributed by atoms with Gasteiger partial charge in [0.2, 0.25) is 4.87 Å². The topological polar surface area (TPSA) is 51.2 Å². The lowest BCUT2D eigenvalue weighted by Crippen LogP contribution is -2.58. The highest BCUT2D eigenvalue weighted by molar-refractivity contribution is 6.59. The molecule has 4 heteroatoms. The summed E-state index contributed by atoms with van der Waals surface area (Å²) in [5.41, 5.74) is 0.252. The van der Waals surface area contributed by atoms with Crippen LogP contribution in [0.5, 0.6) is 0 Å². The van der Waals surface area contributed by atoms with Gasteiger partial charge in [-0.3, -0.25) is 14.4 Å². The van der Waals surface area contributed by atoms with Gasteiger partial charge in [0.25, 0.3) is 0 Å². The summed E-state index contributed by atoms with van der Waals surface area (Å²) in [6, 6.07) is 9.28. The van der Waals surface area contributed by atoms with Gasteiger partial charge >= 0.3 is 0 Å². The van der Waals surface area contributed by atoms with Gasteiger partial charge in [-0.05, 0) is 17.4 Å². The van der Waals surface area contributed by atoms with E-state index in [1.165, 1.54) is 0 Å². The lowest BCUT2D eigenvalue weighted by atomic mass is 9.60. The van der Waals surface area contributed by atoms with E-state index in [2.05, 4.69) is 0 Å². The number of hydrogen-bond acceptors (Lipinski definition) is 3.